The molecule has 0 bridgehead atoms. The summed E-state index contributed by atoms with van der Waals surface area (Å²) in [4.78, 5) is 30.7. The first-order valence-electron chi connectivity index (χ1n) is 10.7. The lowest BCUT2D eigenvalue weighted by Crippen LogP contribution is -2.40. The molecule has 1 amide bonds. The number of rotatable bonds is 4. The van der Waals surface area contributed by atoms with Gasteiger partial charge in [0.2, 0.25) is 0 Å². The van der Waals surface area contributed by atoms with Gasteiger partial charge in [0.1, 0.15) is 5.60 Å². The Morgan fingerprint density at radius 2 is 1.65 bits per heavy atom. The van der Waals surface area contributed by atoms with Gasteiger partial charge >= 0.3 is 12.1 Å². The Kier molecular flexibility index (Phi) is 7.10. The van der Waals surface area contributed by atoms with Gasteiger partial charge < -0.3 is 14.4 Å². The average molecular weight is 423 g/mol. The second-order valence-electron chi connectivity index (χ2n) is 8.49. The summed E-state index contributed by atoms with van der Waals surface area (Å²) in [5, 5.41) is 0. The molecule has 0 unspecified atom stereocenters. The van der Waals surface area contributed by atoms with E-state index in [9.17, 15) is 9.59 Å². The minimum atomic E-state index is -0.512. The first-order valence-corrected chi connectivity index (χ1v) is 10.7. The average Bonchev–Trinajstić information content (AvgIpc) is 2.74. The summed E-state index contributed by atoms with van der Waals surface area (Å²) in [6.45, 7) is 8.89. The van der Waals surface area contributed by atoms with Gasteiger partial charge in [-0.2, -0.15) is 0 Å². The van der Waals surface area contributed by atoms with Gasteiger partial charge in [-0.1, -0.05) is 35.9 Å². The van der Waals surface area contributed by atoms with E-state index in [2.05, 4.69) is 17.1 Å². The quantitative estimate of drug-likeness (QED) is 0.642. The number of esters is 1. The molecule has 31 heavy (non-hydrogen) atoms. The number of carbonyl (C=O) groups is 2. The predicted molar refractivity (Wildman–Crippen MR) is 120 cm³/mol. The molecule has 6 heteroatoms. The molecule has 2 heterocycles. The Hall–Kier alpha value is -3.15. The van der Waals surface area contributed by atoms with Gasteiger partial charge in [-0.15, -0.1) is 0 Å². The molecule has 2 aromatic rings. The first-order chi connectivity index (χ1) is 14.8. The van der Waals surface area contributed by atoms with Gasteiger partial charge in [0.05, 0.1) is 12.2 Å². The predicted octanol–water partition coefficient (Wildman–Crippen LogP) is 5.09. The highest BCUT2D eigenvalue weighted by atomic mass is 16.6. The maximum absolute atomic E-state index is 12.4. The standard InChI is InChI=1S/C25H30N2O4/c1-5-30-23(28)21-15-20(16-26-17-21)22(18-9-7-6-8-10-18)19-11-13-27(14-12-19)24(29)31-25(2,3)4/h6-10,15-17H,5,11-14H2,1-4H3. The van der Waals surface area contributed by atoms with Crippen LogP contribution in [0.15, 0.2) is 54.4 Å². The van der Waals surface area contributed by atoms with E-state index in [1.165, 1.54) is 11.8 Å². The van der Waals surface area contributed by atoms with E-state index in [0.717, 1.165) is 29.5 Å². The lowest BCUT2D eigenvalue weighted by Gasteiger charge is -2.32. The molecular formula is C25H30N2O4. The molecule has 1 saturated heterocycles. The number of hydrogen-bond acceptors (Lipinski definition) is 5. The first kappa shape index (κ1) is 22.5. The fourth-order valence-electron chi connectivity index (χ4n) is 3.62. The molecule has 0 N–H and O–H groups in total. The smallest absolute Gasteiger partial charge is 0.410 e. The van der Waals surface area contributed by atoms with E-state index >= 15 is 0 Å². The topological polar surface area (TPSA) is 68.7 Å². The molecule has 1 aromatic carbocycles. The summed E-state index contributed by atoms with van der Waals surface area (Å²) in [5.41, 5.74) is 4.14. The van der Waals surface area contributed by atoms with Crippen LogP contribution < -0.4 is 0 Å². The number of piperidine rings is 1. The molecular weight excluding hydrogens is 392 g/mol. The second-order valence-corrected chi connectivity index (χ2v) is 8.49. The van der Waals surface area contributed by atoms with Gasteiger partial charge in [0.15, 0.2) is 0 Å². The van der Waals surface area contributed by atoms with Crippen LogP contribution in [0.4, 0.5) is 4.79 Å². The van der Waals surface area contributed by atoms with Crippen molar-refractivity contribution in [3.8, 4) is 0 Å². The third kappa shape index (κ3) is 5.94. The van der Waals surface area contributed by atoms with Crippen LogP contribution in [-0.2, 0) is 9.47 Å². The van der Waals surface area contributed by atoms with Gasteiger partial charge in [-0.05, 0) is 57.7 Å². The van der Waals surface area contributed by atoms with Crippen LogP contribution in [0, 0.1) is 0 Å². The molecule has 3 rings (SSSR count). The zero-order chi connectivity index (χ0) is 22.4. The Morgan fingerprint density at radius 3 is 2.26 bits per heavy atom. The number of ether oxygens (including phenoxy) is 2. The number of carbonyl (C=O) groups excluding carboxylic acids is 2. The minimum Gasteiger partial charge on any atom is -0.462 e. The van der Waals surface area contributed by atoms with Crippen LogP contribution in [0.3, 0.4) is 0 Å². The largest absolute Gasteiger partial charge is 0.462 e. The third-order valence-corrected chi connectivity index (χ3v) is 4.97. The van der Waals surface area contributed by atoms with E-state index in [0.29, 0.717) is 25.3 Å². The van der Waals surface area contributed by atoms with Crippen molar-refractivity contribution in [3.05, 3.63) is 71.1 Å². The summed E-state index contributed by atoms with van der Waals surface area (Å²) >= 11 is 0. The Labute approximate surface area is 183 Å². The van der Waals surface area contributed by atoms with Gasteiger partial charge in [0, 0.05) is 31.0 Å². The van der Waals surface area contributed by atoms with Gasteiger partial charge in [-0.3, -0.25) is 4.98 Å². The zero-order valence-corrected chi connectivity index (χ0v) is 18.7. The second kappa shape index (κ2) is 9.77. The van der Waals surface area contributed by atoms with Crippen molar-refractivity contribution < 1.29 is 19.1 Å². The van der Waals surface area contributed by atoms with Crippen molar-refractivity contribution in [1.82, 2.24) is 9.88 Å². The van der Waals surface area contributed by atoms with Crippen LogP contribution in [0.1, 0.15) is 62.0 Å². The highest BCUT2D eigenvalue weighted by Crippen LogP contribution is 2.32. The van der Waals surface area contributed by atoms with Gasteiger partial charge in [-0.25, -0.2) is 9.59 Å². The van der Waals surface area contributed by atoms with Crippen molar-refractivity contribution in [3.63, 3.8) is 0 Å². The van der Waals surface area contributed by atoms with Crippen molar-refractivity contribution in [2.24, 2.45) is 0 Å². The molecule has 0 spiro atoms. The number of aromatic nitrogens is 1. The van der Waals surface area contributed by atoms with Crippen molar-refractivity contribution in [2.75, 3.05) is 19.7 Å². The molecule has 1 aromatic heterocycles. The van der Waals surface area contributed by atoms with E-state index in [1.54, 1.807) is 18.0 Å². The van der Waals surface area contributed by atoms with Gasteiger partial charge in [0.25, 0.3) is 0 Å². The van der Waals surface area contributed by atoms with Crippen molar-refractivity contribution in [2.45, 2.75) is 46.1 Å². The molecule has 0 saturated carbocycles. The van der Waals surface area contributed by atoms with Crippen LogP contribution in [-0.4, -0.2) is 47.2 Å². The number of pyridine rings is 1. The van der Waals surface area contributed by atoms with E-state index < -0.39 is 5.60 Å². The van der Waals surface area contributed by atoms with E-state index in [1.807, 2.05) is 45.0 Å². The van der Waals surface area contributed by atoms with Crippen LogP contribution in [0.5, 0.6) is 0 Å². The molecule has 6 nitrogen and oxygen atoms in total. The van der Waals surface area contributed by atoms with E-state index in [-0.39, 0.29) is 12.1 Å². The summed E-state index contributed by atoms with van der Waals surface area (Å²) in [5.74, 6) is -0.381. The molecule has 1 aliphatic rings. The highest BCUT2D eigenvalue weighted by molar-refractivity contribution is 5.91. The van der Waals surface area contributed by atoms with Crippen LogP contribution >= 0.6 is 0 Å². The van der Waals surface area contributed by atoms with Crippen molar-refractivity contribution >= 4 is 17.6 Å². The summed E-state index contributed by atoms with van der Waals surface area (Å²) < 4.78 is 10.7. The van der Waals surface area contributed by atoms with Crippen molar-refractivity contribution in [1.29, 1.82) is 0 Å². The SMILES string of the molecule is CCOC(=O)c1cncc(C(=C2CCN(C(=O)OC(C)(C)C)CC2)c2ccccc2)c1. The molecule has 1 fully saturated rings. The lowest BCUT2D eigenvalue weighted by atomic mass is 9.88. The van der Waals surface area contributed by atoms with E-state index in [4.69, 9.17) is 9.47 Å². The Bertz CT molecular complexity index is 951. The van der Waals surface area contributed by atoms with Crippen LogP contribution in [0.25, 0.3) is 5.57 Å². The molecule has 0 atom stereocenters. The number of benzene rings is 1. The zero-order valence-electron chi connectivity index (χ0n) is 18.7. The summed E-state index contributed by atoms with van der Waals surface area (Å²) in [6, 6.07) is 11.9. The summed E-state index contributed by atoms with van der Waals surface area (Å²) in [7, 11) is 0. The lowest BCUT2D eigenvalue weighted by molar-refractivity contribution is 0.0236. The Balaban J connectivity index is 1.92. The number of likely N-dealkylation sites (tertiary alicyclic amines) is 1. The monoisotopic (exact) mass is 422 g/mol. The summed E-state index contributed by atoms with van der Waals surface area (Å²) in [6.07, 6.45) is 4.48. The maximum atomic E-state index is 12.4. The Morgan fingerprint density at radius 1 is 1.00 bits per heavy atom. The fourth-order valence-corrected chi connectivity index (χ4v) is 3.62. The van der Waals surface area contributed by atoms with Crippen LogP contribution in [0.2, 0.25) is 0 Å². The number of amides is 1. The number of hydrogen-bond donors (Lipinski definition) is 0. The highest BCUT2D eigenvalue weighted by Gasteiger charge is 2.26. The molecule has 164 valence electrons. The molecule has 1 aliphatic heterocycles. The third-order valence-electron chi connectivity index (χ3n) is 4.97. The normalized spacial score (nSPS) is 14.2. The molecule has 0 aliphatic carbocycles. The number of nitrogens with zero attached hydrogens (tertiary/aromatic N) is 2. The molecule has 0 radical (unpaired) electrons. The maximum Gasteiger partial charge on any atom is 0.410 e. The minimum absolute atomic E-state index is 0.279. The fraction of sp³-hybridized carbons (Fsp3) is 0.400.